The zero-order valence-electron chi connectivity index (χ0n) is 22.0. The SMILES string of the molecule is CC1=CC(C)(c2ccc(C(=O)N[C@@H]3CCCN(c4cnc(C(N)=O)c(Nc5cnn(C)c5)n4)[C@@H]3C)cc2)N1. The summed E-state index contributed by atoms with van der Waals surface area (Å²) in [4.78, 5) is 36.2. The highest BCUT2D eigenvalue weighted by Gasteiger charge is 2.32. The molecular formula is C27H33N9O2. The number of carbonyl (C=O) groups excluding carboxylic acids is 2. The fraction of sp³-hybridized carbons (Fsp3) is 0.370. The van der Waals surface area contributed by atoms with Gasteiger partial charge in [-0.25, -0.2) is 9.97 Å². The van der Waals surface area contributed by atoms with Crippen molar-refractivity contribution in [1.82, 2.24) is 30.4 Å². The summed E-state index contributed by atoms with van der Waals surface area (Å²) in [5, 5.41) is 13.9. The Hall–Kier alpha value is -4.41. The smallest absolute Gasteiger partial charge is 0.271 e. The monoisotopic (exact) mass is 515 g/mol. The number of primary amides is 1. The minimum atomic E-state index is -0.675. The van der Waals surface area contributed by atoms with Crippen LogP contribution in [0.4, 0.5) is 17.3 Å². The summed E-state index contributed by atoms with van der Waals surface area (Å²) in [6.07, 6.45) is 8.84. The zero-order chi connectivity index (χ0) is 27.0. The summed E-state index contributed by atoms with van der Waals surface area (Å²) in [6.45, 7) is 6.96. The van der Waals surface area contributed by atoms with Crippen LogP contribution in [0.2, 0.25) is 0 Å². The highest BCUT2D eigenvalue weighted by Crippen LogP contribution is 2.31. The fourth-order valence-electron chi connectivity index (χ4n) is 5.28. The molecule has 198 valence electrons. The summed E-state index contributed by atoms with van der Waals surface area (Å²) in [5.74, 6) is 0.0808. The molecule has 2 aromatic heterocycles. The topological polar surface area (TPSA) is 143 Å². The first-order chi connectivity index (χ1) is 18.1. The molecule has 3 atom stereocenters. The number of aryl methyl sites for hydroxylation is 1. The first-order valence-corrected chi connectivity index (χ1v) is 12.7. The molecule has 2 amide bonds. The van der Waals surface area contributed by atoms with Crippen LogP contribution in [0.1, 0.15) is 60.0 Å². The largest absolute Gasteiger partial charge is 0.376 e. The third-order valence-electron chi connectivity index (χ3n) is 7.27. The third-order valence-corrected chi connectivity index (χ3v) is 7.27. The Morgan fingerprint density at radius 2 is 1.95 bits per heavy atom. The molecule has 2 aliphatic rings. The number of hydrogen-bond acceptors (Lipinski definition) is 8. The number of nitrogens with one attached hydrogen (secondary N) is 3. The molecule has 1 aromatic carbocycles. The minimum Gasteiger partial charge on any atom is -0.376 e. The molecule has 1 fully saturated rings. The molecule has 0 aliphatic carbocycles. The highest BCUT2D eigenvalue weighted by molar-refractivity contribution is 5.96. The van der Waals surface area contributed by atoms with Gasteiger partial charge in [-0.2, -0.15) is 5.10 Å². The van der Waals surface area contributed by atoms with E-state index in [0.717, 1.165) is 30.6 Å². The van der Waals surface area contributed by atoms with Crippen molar-refractivity contribution in [2.45, 2.75) is 51.2 Å². The molecule has 2 aliphatic heterocycles. The molecule has 11 nitrogen and oxygen atoms in total. The lowest BCUT2D eigenvalue weighted by Gasteiger charge is -2.40. The van der Waals surface area contributed by atoms with Crippen LogP contribution in [0.3, 0.4) is 0 Å². The van der Waals surface area contributed by atoms with Crippen molar-refractivity contribution in [3.8, 4) is 0 Å². The van der Waals surface area contributed by atoms with Gasteiger partial charge < -0.3 is 26.6 Å². The molecular weight excluding hydrogens is 482 g/mol. The third kappa shape index (κ3) is 4.91. The Bertz CT molecular complexity index is 1400. The predicted octanol–water partition coefficient (Wildman–Crippen LogP) is 2.56. The number of aromatic nitrogens is 4. The molecule has 4 heterocycles. The van der Waals surface area contributed by atoms with Gasteiger partial charge in [0.25, 0.3) is 11.8 Å². The molecule has 5 rings (SSSR count). The number of anilines is 3. The van der Waals surface area contributed by atoms with Gasteiger partial charge in [-0.05, 0) is 57.4 Å². The summed E-state index contributed by atoms with van der Waals surface area (Å²) in [7, 11) is 1.80. The second-order valence-corrected chi connectivity index (χ2v) is 10.2. The van der Waals surface area contributed by atoms with Crippen molar-refractivity contribution in [3.05, 3.63) is 71.4 Å². The lowest BCUT2D eigenvalue weighted by molar-refractivity contribution is 0.0923. The maximum atomic E-state index is 13.1. The van der Waals surface area contributed by atoms with Crippen LogP contribution >= 0.6 is 0 Å². The maximum absolute atomic E-state index is 13.1. The van der Waals surface area contributed by atoms with E-state index in [4.69, 9.17) is 5.73 Å². The number of nitrogens with two attached hydrogens (primary N) is 1. The van der Waals surface area contributed by atoms with Crippen LogP contribution < -0.4 is 26.6 Å². The van der Waals surface area contributed by atoms with Crippen molar-refractivity contribution in [1.29, 1.82) is 0 Å². The van der Waals surface area contributed by atoms with E-state index < -0.39 is 5.91 Å². The van der Waals surface area contributed by atoms with Crippen LogP contribution in [0.25, 0.3) is 0 Å². The van der Waals surface area contributed by atoms with Crippen molar-refractivity contribution >= 4 is 29.1 Å². The van der Waals surface area contributed by atoms with Gasteiger partial charge in [-0.3, -0.25) is 14.3 Å². The van der Waals surface area contributed by atoms with Crippen molar-refractivity contribution in [2.24, 2.45) is 12.8 Å². The van der Waals surface area contributed by atoms with Crippen LogP contribution in [0, 0.1) is 0 Å². The van der Waals surface area contributed by atoms with E-state index in [1.54, 1.807) is 30.3 Å². The van der Waals surface area contributed by atoms with E-state index in [9.17, 15) is 9.59 Å². The van der Waals surface area contributed by atoms with Crippen molar-refractivity contribution in [2.75, 3.05) is 16.8 Å². The summed E-state index contributed by atoms with van der Waals surface area (Å²) in [5.41, 5.74) is 8.96. The summed E-state index contributed by atoms with van der Waals surface area (Å²) >= 11 is 0. The fourth-order valence-corrected chi connectivity index (χ4v) is 5.28. The summed E-state index contributed by atoms with van der Waals surface area (Å²) < 4.78 is 1.64. The number of piperidine rings is 1. The van der Waals surface area contributed by atoms with E-state index in [1.165, 1.54) is 0 Å². The average Bonchev–Trinajstić information content (AvgIpc) is 3.28. The lowest BCUT2D eigenvalue weighted by Crippen LogP contribution is -2.54. The molecule has 1 saturated heterocycles. The molecule has 0 spiro atoms. The van der Waals surface area contributed by atoms with Gasteiger partial charge in [0, 0.05) is 43.1 Å². The second kappa shape index (κ2) is 9.81. The number of carbonyl (C=O) groups is 2. The predicted molar refractivity (Wildman–Crippen MR) is 145 cm³/mol. The average molecular weight is 516 g/mol. The first kappa shape index (κ1) is 25.2. The van der Waals surface area contributed by atoms with Crippen LogP contribution in [-0.2, 0) is 12.6 Å². The van der Waals surface area contributed by atoms with Gasteiger partial charge in [-0.15, -0.1) is 0 Å². The Balaban J connectivity index is 1.30. The van der Waals surface area contributed by atoms with Gasteiger partial charge >= 0.3 is 0 Å². The van der Waals surface area contributed by atoms with Crippen LogP contribution in [-0.4, -0.2) is 50.2 Å². The lowest BCUT2D eigenvalue weighted by atomic mass is 9.85. The second-order valence-electron chi connectivity index (χ2n) is 10.2. The molecule has 38 heavy (non-hydrogen) atoms. The molecule has 11 heteroatoms. The highest BCUT2D eigenvalue weighted by atomic mass is 16.2. The normalized spacial score (nSPS) is 22.6. The maximum Gasteiger partial charge on any atom is 0.271 e. The van der Waals surface area contributed by atoms with Gasteiger partial charge in [0.2, 0.25) is 0 Å². The van der Waals surface area contributed by atoms with E-state index in [1.807, 2.05) is 31.2 Å². The molecule has 0 saturated carbocycles. The molecule has 0 radical (unpaired) electrons. The Morgan fingerprint density at radius 1 is 1.21 bits per heavy atom. The van der Waals surface area contributed by atoms with Gasteiger partial charge in [0.1, 0.15) is 5.82 Å². The molecule has 0 bridgehead atoms. The van der Waals surface area contributed by atoms with Crippen LogP contribution in [0.15, 0.2) is 54.6 Å². The zero-order valence-corrected chi connectivity index (χ0v) is 22.0. The number of benzene rings is 1. The van der Waals surface area contributed by atoms with E-state index >= 15 is 0 Å². The number of amides is 2. The molecule has 1 unspecified atom stereocenters. The Morgan fingerprint density at radius 3 is 2.58 bits per heavy atom. The van der Waals surface area contributed by atoms with Crippen LogP contribution in [0.5, 0.6) is 0 Å². The van der Waals surface area contributed by atoms with E-state index in [0.29, 0.717) is 17.1 Å². The van der Waals surface area contributed by atoms with Gasteiger partial charge in [0.05, 0.1) is 23.6 Å². The quantitative estimate of drug-likeness (QED) is 0.376. The van der Waals surface area contributed by atoms with E-state index in [-0.39, 0.29) is 35.0 Å². The molecule has 5 N–H and O–H groups in total. The number of nitrogens with zero attached hydrogens (tertiary/aromatic N) is 5. The van der Waals surface area contributed by atoms with Crippen molar-refractivity contribution < 1.29 is 9.59 Å². The van der Waals surface area contributed by atoms with E-state index in [2.05, 4.69) is 55.8 Å². The van der Waals surface area contributed by atoms with Gasteiger partial charge in [0.15, 0.2) is 11.5 Å². The number of rotatable bonds is 7. The number of hydrogen-bond donors (Lipinski definition) is 4. The number of allylic oxidation sites excluding steroid dienone is 1. The van der Waals surface area contributed by atoms with Gasteiger partial charge in [-0.1, -0.05) is 12.1 Å². The molecule has 3 aromatic rings. The van der Waals surface area contributed by atoms with Crippen molar-refractivity contribution in [3.63, 3.8) is 0 Å². The summed E-state index contributed by atoms with van der Waals surface area (Å²) in [6, 6.07) is 7.60. The minimum absolute atomic E-state index is 0.0434. The first-order valence-electron chi connectivity index (χ1n) is 12.7. The Kier molecular flexibility index (Phi) is 6.52. The Labute approximate surface area is 221 Å². The standard InChI is InChI=1S/C27H33N9O2/c1-16-12-27(3,34-16)19-9-7-18(8-10-19)26(38)32-21-6-5-11-36(17(21)2)22-14-29-23(24(28)37)25(33-22)31-20-13-30-35(4)15-20/h7-10,12-15,17,21,34H,5-6,11H2,1-4H3,(H2,28,37)(H,31,33)(H,32,38)/t17-,21-,27?/m1/s1.